The van der Waals surface area contributed by atoms with Crippen LogP contribution in [0, 0.1) is 6.92 Å². The number of piperidine rings is 1. The van der Waals surface area contributed by atoms with E-state index in [0.29, 0.717) is 38.5 Å². The van der Waals surface area contributed by atoms with Crippen LogP contribution in [0.3, 0.4) is 0 Å². The first-order valence-corrected chi connectivity index (χ1v) is 12.7. The van der Waals surface area contributed by atoms with Crippen molar-refractivity contribution in [2.75, 3.05) is 26.2 Å². The predicted octanol–water partition coefficient (Wildman–Crippen LogP) is 2.83. The SMILES string of the molecule is Cc1ccc(CC(=O)N2CC(S(=O)(=O)N3CCC(c4c[nH]c5ncccc45)CC3)C2)cc1. The molecule has 1 aromatic carbocycles. The van der Waals surface area contributed by atoms with Crippen LogP contribution in [0.5, 0.6) is 0 Å². The number of aromatic nitrogens is 2. The maximum absolute atomic E-state index is 13.1. The minimum Gasteiger partial charge on any atom is -0.346 e. The van der Waals surface area contributed by atoms with Gasteiger partial charge in [0.1, 0.15) is 10.9 Å². The number of H-pyrrole nitrogens is 1. The monoisotopic (exact) mass is 452 g/mol. The highest BCUT2D eigenvalue weighted by Gasteiger charge is 2.43. The van der Waals surface area contributed by atoms with Gasteiger partial charge in [0.25, 0.3) is 0 Å². The van der Waals surface area contributed by atoms with Gasteiger partial charge in [-0.1, -0.05) is 29.8 Å². The summed E-state index contributed by atoms with van der Waals surface area (Å²) >= 11 is 0. The maximum atomic E-state index is 13.1. The molecule has 0 bridgehead atoms. The molecule has 0 saturated carbocycles. The fourth-order valence-electron chi connectivity index (χ4n) is 4.77. The van der Waals surface area contributed by atoms with Crippen LogP contribution >= 0.6 is 0 Å². The number of benzene rings is 1. The Bertz CT molecular complexity index is 1220. The van der Waals surface area contributed by atoms with Crippen LogP contribution in [0.1, 0.15) is 35.4 Å². The summed E-state index contributed by atoms with van der Waals surface area (Å²) in [7, 11) is -3.39. The highest BCUT2D eigenvalue weighted by Crippen LogP contribution is 2.34. The molecule has 2 fully saturated rings. The number of hydrogen-bond donors (Lipinski definition) is 1. The smallest absolute Gasteiger partial charge is 0.227 e. The Morgan fingerprint density at radius 1 is 1.12 bits per heavy atom. The van der Waals surface area contributed by atoms with Gasteiger partial charge in [-0.2, -0.15) is 0 Å². The number of aromatic amines is 1. The summed E-state index contributed by atoms with van der Waals surface area (Å²) in [4.78, 5) is 21.7. The molecule has 2 aromatic heterocycles. The Morgan fingerprint density at radius 3 is 2.56 bits per heavy atom. The fourth-order valence-corrected chi connectivity index (χ4v) is 6.65. The fraction of sp³-hybridized carbons (Fsp3) is 0.417. The topological polar surface area (TPSA) is 86.4 Å². The number of amides is 1. The van der Waals surface area contributed by atoms with Crippen molar-refractivity contribution in [3.63, 3.8) is 0 Å². The first kappa shape index (κ1) is 21.2. The van der Waals surface area contributed by atoms with Gasteiger partial charge in [0.05, 0.1) is 6.42 Å². The number of sulfonamides is 1. The van der Waals surface area contributed by atoms with Crippen molar-refractivity contribution in [1.29, 1.82) is 0 Å². The van der Waals surface area contributed by atoms with Crippen molar-refractivity contribution in [1.82, 2.24) is 19.2 Å². The Hall–Kier alpha value is -2.71. The second kappa shape index (κ2) is 8.33. The number of aryl methyl sites for hydroxylation is 1. The van der Waals surface area contributed by atoms with E-state index in [-0.39, 0.29) is 5.91 Å². The number of pyridine rings is 1. The average molecular weight is 453 g/mol. The lowest BCUT2D eigenvalue weighted by atomic mass is 9.90. The number of nitrogens with one attached hydrogen (secondary N) is 1. The summed E-state index contributed by atoms with van der Waals surface area (Å²) in [6.45, 7) is 3.64. The molecule has 2 aliphatic rings. The second-order valence-corrected chi connectivity index (χ2v) is 11.2. The van der Waals surface area contributed by atoms with Crippen molar-refractivity contribution >= 4 is 27.0 Å². The van der Waals surface area contributed by atoms with Gasteiger partial charge in [-0.25, -0.2) is 17.7 Å². The largest absolute Gasteiger partial charge is 0.346 e. The first-order chi connectivity index (χ1) is 15.4. The zero-order chi connectivity index (χ0) is 22.3. The van der Waals surface area contributed by atoms with Crippen molar-refractivity contribution in [2.24, 2.45) is 0 Å². The van der Waals surface area contributed by atoms with Crippen LogP contribution in [0.4, 0.5) is 0 Å². The molecular weight excluding hydrogens is 424 g/mol. The van der Waals surface area contributed by atoms with Crippen LogP contribution in [-0.2, 0) is 21.2 Å². The Balaban J connectivity index is 1.16. The molecule has 5 rings (SSSR count). The molecule has 1 N–H and O–H groups in total. The molecule has 3 aromatic rings. The van der Waals surface area contributed by atoms with E-state index in [4.69, 9.17) is 0 Å². The maximum Gasteiger partial charge on any atom is 0.227 e. The number of fused-ring (bicyclic) bond motifs is 1. The molecule has 0 unspecified atom stereocenters. The Labute approximate surface area is 188 Å². The third kappa shape index (κ3) is 3.93. The number of rotatable bonds is 5. The zero-order valence-electron chi connectivity index (χ0n) is 18.2. The van der Waals surface area contributed by atoms with Gasteiger partial charge in [-0.3, -0.25) is 4.79 Å². The summed E-state index contributed by atoms with van der Waals surface area (Å²) in [6, 6.07) is 11.9. The quantitative estimate of drug-likeness (QED) is 0.645. The zero-order valence-corrected chi connectivity index (χ0v) is 19.0. The molecule has 168 valence electrons. The van der Waals surface area contributed by atoms with Crippen LogP contribution < -0.4 is 0 Å². The van der Waals surface area contributed by atoms with Crippen molar-refractivity contribution < 1.29 is 13.2 Å². The molecule has 4 heterocycles. The Kier molecular flexibility index (Phi) is 5.51. The molecule has 2 aliphatic heterocycles. The summed E-state index contributed by atoms with van der Waals surface area (Å²) < 4.78 is 27.8. The highest BCUT2D eigenvalue weighted by molar-refractivity contribution is 7.89. The molecule has 1 amide bonds. The minimum absolute atomic E-state index is 0.00745. The molecule has 7 nitrogen and oxygen atoms in total. The van der Waals surface area contributed by atoms with Gasteiger partial charge in [0.15, 0.2) is 0 Å². The van der Waals surface area contributed by atoms with Gasteiger partial charge in [0.2, 0.25) is 15.9 Å². The number of hydrogen-bond acceptors (Lipinski definition) is 4. The highest BCUT2D eigenvalue weighted by atomic mass is 32.2. The molecule has 2 saturated heterocycles. The summed E-state index contributed by atoms with van der Waals surface area (Å²) in [5.41, 5.74) is 4.21. The van der Waals surface area contributed by atoms with E-state index in [1.807, 2.05) is 43.5 Å². The number of nitrogens with zero attached hydrogens (tertiary/aromatic N) is 3. The van der Waals surface area contributed by atoms with Crippen LogP contribution in [0.25, 0.3) is 11.0 Å². The molecule has 0 spiro atoms. The average Bonchev–Trinajstić information content (AvgIpc) is 3.18. The predicted molar refractivity (Wildman–Crippen MR) is 124 cm³/mol. The molecule has 8 heteroatoms. The van der Waals surface area contributed by atoms with Crippen molar-refractivity contribution in [3.8, 4) is 0 Å². The minimum atomic E-state index is -3.39. The summed E-state index contributed by atoms with van der Waals surface area (Å²) in [6.07, 6.45) is 5.69. The van der Waals surface area contributed by atoms with Gasteiger partial charge in [0, 0.05) is 44.0 Å². The number of carbonyl (C=O) groups is 1. The molecule has 0 radical (unpaired) electrons. The number of carbonyl (C=O) groups excluding carboxylic acids is 1. The molecule has 0 atom stereocenters. The van der Waals surface area contributed by atoms with E-state index in [1.165, 1.54) is 5.56 Å². The van der Waals surface area contributed by atoms with E-state index in [9.17, 15) is 13.2 Å². The lowest BCUT2D eigenvalue weighted by Gasteiger charge is -2.42. The summed E-state index contributed by atoms with van der Waals surface area (Å²) in [5, 5.41) is 0.633. The van der Waals surface area contributed by atoms with E-state index < -0.39 is 15.3 Å². The molecule has 0 aliphatic carbocycles. The van der Waals surface area contributed by atoms with Crippen LogP contribution in [0.15, 0.2) is 48.8 Å². The Morgan fingerprint density at radius 2 is 1.84 bits per heavy atom. The van der Waals surface area contributed by atoms with Gasteiger partial charge < -0.3 is 9.88 Å². The lowest BCUT2D eigenvalue weighted by Crippen LogP contribution is -2.60. The first-order valence-electron chi connectivity index (χ1n) is 11.2. The third-order valence-electron chi connectivity index (χ3n) is 6.83. The standard InChI is InChI=1S/C24H28N4O3S/c1-17-4-6-18(7-5-17)13-23(29)27-15-20(16-27)32(30,31)28-11-8-19(9-12-28)22-14-26-24-21(22)3-2-10-25-24/h2-7,10,14,19-20H,8-9,11-13,15-16H2,1H3,(H,25,26). The van der Waals surface area contributed by atoms with E-state index in [1.54, 1.807) is 15.4 Å². The van der Waals surface area contributed by atoms with Crippen LogP contribution in [-0.4, -0.2) is 64.9 Å². The molecule has 32 heavy (non-hydrogen) atoms. The van der Waals surface area contributed by atoms with E-state index in [0.717, 1.165) is 35.0 Å². The van der Waals surface area contributed by atoms with Crippen LogP contribution in [0.2, 0.25) is 0 Å². The van der Waals surface area contributed by atoms with E-state index >= 15 is 0 Å². The van der Waals surface area contributed by atoms with Gasteiger partial charge in [-0.15, -0.1) is 0 Å². The third-order valence-corrected chi connectivity index (χ3v) is 9.06. The second-order valence-electron chi connectivity index (χ2n) is 8.94. The van der Waals surface area contributed by atoms with Gasteiger partial charge >= 0.3 is 0 Å². The normalized spacial score (nSPS) is 18.7. The molecular formula is C24H28N4O3S. The van der Waals surface area contributed by atoms with Crippen molar-refractivity contribution in [2.45, 2.75) is 37.4 Å². The van der Waals surface area contributed by atoms with Crippen molar-refractivity contribution in [3.05, 3.63) is 65.5 Å². The number of likely N-dealkylation sites (tertiary alicyclic amines) is 1. The van der Waals surface area contributed by atoms with E-state index in [2.05, 4.69) is 16.0 Å². The lowest BCUT2D eigenvalue weighted by molar-refractivity contribution is -0.133. The van der Waals surface area contributed by atoms with Gasteiger partial charge in [-0.05, 0) is 48.9 Å². The summed E-state index contributed by atoms with van der Waals surface area (Å²) in [5.74, 6) is 0.320.